The van der Waals surface area contributed by atoms with Gasteiger partial charge in [-0.15, -0.1) is 0 Å². The van der Waals surface area contributed by atoms with Gasteiger partial charge in [-0.05, 0) is 41.8 Å². The van der Waals surface area contributed by atoms with Crippen molar-refractivity contribution < 1.29 is 14.7 Å². The summed E-state index contributed by atoms with van der Waals surface area (Å²) in [7, 11) is 0. The number of nitrogens with zero attached hydrogens (tertiary/aromatic N) is 2. The molecule has 1 saturated heterocycles. The summed E-state index contributed by atoms with van der Waals surface area (Å²) in [4.78, 5) is 14.1. The number of fused-ring (bicyclic) bond motifs is 3. The van der Waals surface area contributed by atoms with E-state index in [1.165, 1.54) is 27.4 Å². The number of carbonyl (C=O) groups excluding carboxylic acids is 1. The lowest BCUT2D eigenvalue weighted by molar-refractivity contribution is 0.0385. The van der Waals surface area contributed by atoms with Crippen LogP contribution in [0.1, 0.15) is 21.5 Å². The van der Waals surface area contributed by atoms with Crippen LogP contribution in [-0.2, 0) is 17.7 Å². The molecule has 6 nitrogen and oxygen atoms in total. The third-order valence-electron chi connectivity index (χ3n) is 6.34. The summed E-state index contributed by atoms with van der Waals surface area (Å²) < 4.78 is 7.84. The van der Waals surface area contributed by atoms with E-state index in [-0.39, 0.29) is 0 Å². The number of ether oxygens (including phenoxy) is 1. The first-order valence-electron chi connectivity index (χ1n) is 11.1. The molecule has 2 N–H and O–H groups in total. The lowest BCUT2D eigenvalue weighted by Crippen LogP contribution is -2.37. The van der Waals surface area contributed by atoms with Gasteiger partial charge in [0, 0.05) is 53.5 Å². The van der Waals surface area contributed by atoms with E-state index in [1.54, 1.807) is 17.6 Å². The van der Waals surface area contributed by atoms with Crippen molar-refractivity contribution in [2.75, 3.05) is 32.8 Å². The summed E-state index contributed by atoms with van der Waals surface area (Å²) in [6, 6.07) is 22.5. The van der Waals surface area contributed by atoms with Gasteiger partial charge in [0.05, 0.1) is 13.2 Å². The summed E-state index contributed by atoms with van der Waals surface area (Å²) >= 11 is 0. The zero-order chi connectivity index (χ0) is 21.9. The van der Waals surface area contributed by atoms with Crippen LogP contribution in [0, 0.1) is 0 Å². The van der Waals surface area contributed by atoms with Crippen LogP contribution in [-0.4, -0.2) is 53.4 Å². The Balaban J connectivity index is 1.50. The van der Waals surface area contributed by atoms with Crippen LogP contribution in [0.3, 0.4) is 0 Å². The van der Waals surface area contributed by atoms with Crippen LogP contribution in [0.5, 0.6) is 0 Å². The van der Waals surface area contributed by atoms with E-state index in [0.29, 0.717) is 12.1 Å². The van der Waals surface area contributed by atoms with E-state index in [4.69, 9.17) is 9.94 Å². The van der Waals surface area contributed by atoms with Crippen LogP contribution >= 0.6 is 0 Å². The van der Waals surface area contributed by atoms with Gasteiger partial charge in [0.2, 0.25) is 0 Å². The van der Waals surface area contributed by atoms with Crippen molar-refractivity contribution in [3.05, 3.63) is 83.4 Å². The Hall–Kier alpha value is -3.19. The molecule has 5 rings (SSSR count). The summed E-state index contributed by atoms with van der Waals surface area (Å²) in [5.74, 6) is -0.502. The molecule has 0 saturated carbocycles. The minimum absolute atomic E-state index is 0.434. The molecule has 6 heteroatoms. The zero-order valence-corrected chi connectivity index (χ0v) is 18.0. The maximum Gasteiger partial charge on any atom is 0.274 e. The van der Waals surface area contributed by atoms with Crippen LogP contribution < -0.4 is 5.48 Å². The number of morpholine rings is 1. The van der Waals surface area contributed by atoms with Gasteiger partial charge in [-0.2, -0.15) is 0 Å². The number of hydroxylamine groups is 1. The van der Waals surface area contributed by atoms with Crippen molar-refractivity contribution in [1.29, 1.82) is 0 Å². The van der Waals surface area contributed by atoms with Crippen LogP contribution in [0.4, 0.5) is 0 Å². The highest BCUT2D eigenvalue weighted by atomic mass is 16.5. The second-order valence-electron chi connectivity index (χ2n) is 8.26. The third kappa shape index (κ3) is 4.00. The van der Waals surface area contributed by atoms with Crippen molar-refractivity contribution in [1.82, 2.24) is 14.9 Å². The Kier molecular flexibility index (Phi) is 5.90. The Bertz CT molecular complexity index is 1240. The summed E-state index contributed by atoms with van der Waals surface area (Å²) in [6.07, 6.45) is 1.01. The van der Waals surface area contributed by atoms with Gasteiger partial charge < -0.3 is 9.30 Å². The van der Waals surface area contributed by atoms with E-state index >= 15 is 0 Å². The molecule has 1 aliphatic rings. The molecule has 4 aromatic rings. The van der Waals surface area contributed by atoms with E-state index in [0.717, 1.165) is 44.8 Å². The monoisotopic (exact) mass is 429 g/mol. The standard InChI is InChI=1S/C26H27N3O3/c30-26(27-31)21-10-8-19(9-11-21)18-29-23-6-2-1-5-22(23)25-20(4-3-7-24(25)29)12-13-28-14-16-32-17-15-28/h1-11,31H,12-18H2,(H,27,30). The molecule has 1 aromatic heterocycles. The fraction of sp³-hybridized carbons (Fsp3) is 0.269. The van der Waals surface area contributed by atoms with Crippen molar-refractivity contribution in [2.24, 2.45) is 0 Å². The number of carbonyl (C=O) groups is 1. The highest BCUT2D eigenvalue weighted by Crippen LogP contribution is 2.32. The first-order valence-corrected chi connectivity index (χ1v) is 11.1. The minimum Gasteiger partial charge on any atom is -0.379 e. The topological polar surface area (TPSA) is 66.7 Å². The zero-order valence-electron chi connectivity index (χ0n) is 18.0. The van der Waals surface area contributed by atoms with Crippen molar-refractivity contribution >= 4 is 27.7 Å². The molecule has 0 bridgehead atoms. The Morgan fingerprint density at radius 3 is 2.47 bits per heavy atom. The average Bonchev–Trinajstić information content (AvgIpc) is 3.17. The summed E-state index contributed by atoms with van der Waals surface area (Å²) in [5, 5.41) is 11.4. The van der Waals surface area contributed by atoms with Crippen LogP contribution in [0.15, 0.2) is 66.7 Å². The Labute approximate surface area is 187 Å². The van der Waals surface area contributed by atoms with Gasteiger partial charge >= 0.3 is 0 Å². The van der Waals surface area contributed by atoms with Crippen LogP contribution in [0.2, 0.25) is 0 Å². The molecule has 0 atom stereocenters. The highest BCUT2D eigenvalue weighted by Gasteiger charge is 2.16. The smallest absolute Gasteiger partial charge is 0.274 e. The maximum absolute atomic E-state index is 11.6. The number of rotatable bonds is 6. The van der Waals surface area contributed by atoms with E-state index < -0.39 is 5.91 Å². The van der Waals surface area contributed by atoms with Crippen molar-refractivity contribution in [3.63, 3.8) is 0 Å². The number of hydrogen-bond donors (Lipinski definition) is 2. The number of amides is 1. The predicted molar refractivity (Wildman–Crippen MR) is 125 cm³/mol. The molecule has 0 radical (unpaired) electrons. The maximum atomic E-state index is 11.6. The number of para-hydroxylation sites is 1. The fourth-order valence-electron chi connectivity index (χ4n) is 4.66. The highest BCUT2D eigenvalue weighted by molar-refractivity contribution is 6.09. The molecular weight excluding hydrogens is 402 g/mol. The largest absolute Gasteiger partial charge is 0.379 e. The number of nitrogens with one attached hydrogen (secondary N) is 1. The molecule has 164 valence electrons. The van der Waals surface area contributed by atoms with E-state index in [9.17, 15) is 4.79 Å². The van der Waals surface area contributed by atoms with Gasteiger partial charge in [0.15, 0.2) is 0 Å². The minimum atomic E-state index is -0.502. The van der Waals surface area contributed by atoms with Gasteiger partial charge in [0.1, 0.15) is 0 Å². The molecule has 0 spiro atoms. The lowest BCUT2D eigenvalue weighted by atomic mass is 10.0. The second-order valence-corrected chi connectivity index (χ2v) is 8.26. The Morgan fingerprint density at radius 1 is 0.938 bits per heavy atom. The molecule has 2 heterocycles. The fourth-order valence-corrected chi connectivity index (χ4v) is 4.66. The van der Waals surface area contributed by atoms with Gasteiger partial charge in [-0.3, -0.25) is 14.9 Å². The molecular formula is C26H27N3O3. The number of aromatic nitrogens is 1. The average molecular weight is 430 g/mol. The molecule has 3 aromatic carbocycles. The molecule has 1 amide bonds. The number of benzene rings is 3. The molecule has 0 unspecified atom stereocenters. The molecule has 32 heavy (non-hydrogen) atoms. The van der Waals surface area contributed by atoms with Gasteiger partial charge in [0.25, 0.3) is 5.91 Å². The third-order valence-corrected chi connectivity index (χ3v) is 6.34. The number of hydrogen-bond acceptors (Lipinski definition) is 4. The molecule has 0 aliphatic carbocycles. The second kappa shape index (κ2) is 9.12. The van der Waals surface area contributed by atoms with Crippen LogP contribution in [0.25, 0.3) is 21.8 Å². The normalized spacial score (nSPS) is 14.8. The van der Waals surface area contributed by atoms with Gasteiger partial charge in [-0.1, -0.05) is 42.5 Å². The van der Waals surface area contributed by atoms with Crippen molar-refractivity contribution in [3.8, 4) is 0 Å². The first kappa shape index (κ1) is 20.7. The summed E-state index contributed by atoms with van der Waals surface area (Å²) in [5.41, 5.74) is 7.02. The van der Waals surface area contributed by atoms with Crippen molar-refractivity contribution in [2.45, 2.75) is 13.0 Å². The molecule has 1 fully saturated rings. The van der Waals surface area contributed by atoms with E-state index in [1.807, 2.05) is 12.1 Å². The first-order chi connectivity index (χ1) is 15.7. The lowest BCUT2D eigenvalue weighted by Gasteiger charge is -2.26. The summed E-state index contributed by atoms with van der Waals surface area (Å²) in [6.45, 7) is 5.39. The van der Waals surface area contributed by atoms with Gasteiger partial charge in [-0.25, -0.2) is 5.48 Å². The Morgan fingerprint density at radius 2 is 1.69 bits per heavy atom. The predicted octanol–water partition coefficient (Wildman–Crippen LogP) is 3.84. The SMILES string of the molecule is O=C(NO)c1ccc(Cn2c3ccccc3c3c(CCN4CCOCC4)cccc32)cc1. The van der Waals surface area contributed by atoms with E-state index in [2.05, 4.69) is 51.9 Å². The molecule has 1 aliphatic heterocycles. The quantitative estimate of drug-likeness (QED) is 0.361.